The van der Waals surface area contributed by atoms with E-state index in [-0.39, 0.29) is 17.7 Å². The maximum absolute atomic E-state index is 12.8. The summed E-state index contributed by atoms with van der Waals surface area (Å²) in [6.45, 7) is 3.34. The van der Waals surface area contributed by atoms with Crippen LogP contribution in [0.5, 0.6) is 0 Å². The van der Waals surface area contributed by atoms with Gasteiger partial charge in [-0.3, -0.25) is 9.48 Å². The molecule has 0 radical (unpaired) electrons. The highest BCUT2D eigenvalue weighted by atomic mass is 16.5. The van der Waals surface area contributed by atoms with E-state index in [1.165, 1.54) is 5.56 Å². The Morgan fingerprint density at radius 3 is 3.00 bits per heavy atom. The van der Waals surface area contributed by atoms with Crippen LogP contribution in [-0.4, -0.2) is 43.8 Å². The van der Waals surface area contributed by atoms with E-state index in [4.69, 9.17) is 4.52 Å². The van der Waals surface area contributed by atoms with Crippen LogP contribution < -0.4 is 0 Å². The van der Waals surface area contributed by atoms with Crippen molar-refractivity contribution in [2.75, 3.05) is 13.1 Å². The molecule has 0 spiro atoms. The molecule has 3 atom stereocenters. The van der Waals surface area contributed by atoms with Crippen LogP contribution >= 0.6 is 0 Å². The van der Waals surface area contributed by atoms with Gasteiger partial charge < -0.3 is 9.42 Å². The summed E-state index contributed by atoms with van der Waals surface area (Å²) in [6.07, 6.45) is 6.81. The molecule has 7 heteroatoms. The van der Waals surface area contributed by atoms with Crippen LogP contribution in [0.4, 0.5) is 0 Å². The van der Waals surface area contributed by atoms with Crippen molar-refractivity contribution < 1.29 is 9.32 Å². The standard InChI is InChI=1S/C16H21N5O2/c1-10-18-15(23-19-10)11-4-3-5-21(9-11)16(22)14-6-13(14)12-7-17-20(2)8-12/h7-8,11,13-14H,3-6,9H2,1-2H3/t11-,13-,14+/m1/s1. The Morgan fingerprint density at radius 2 is 2.30 bits per heavy atom. The van der Waals surface area contributed by atoms with E-state index in [2.05, 4.69) is 15.2 Å². The highest BCUT2D eigenvalue weighted by molar-refractivity contribution is 5.83. The summed E-state index contributed by atoms with van der Waals surface area (Å²) in [4.78, 5) is 19.1. The van der Waals surface area contributed by atoms with Crippen molar-refractivity contribution in [3.8, 4) is 0 Å². The Hall–Kier alpha value is -2.18. The van der Waals surface area contributed by atoms with Crippen molar-refractivity contribution in [3.05, 3.63) is 29.7 Å². The number of rotatable bonds is 3. The number of piperidine rings is 1. The molecule has 1 aliphatic heterocycles. The molecule has 0 unspecified atom stereocenters. The summed E-state index contributed by atoms with van der Waals surface area (Å²) in [7, 11) is 1.91. The molecule has 7 nitrogen and oxygen atoms in total. The van der Waals surface area contributed by atoms with Gasteiger partial charge in [0.2, 0.25) is 11.8 Å². The number of aryl methyl sites for hydroxylation is 2. The molecule has 122 valence electrons. The molecule has 1 saturated carbocycles. The van der Waals surface area contributed by atoms with E-state index in [1.807, 2.05) is 31.3 Å². The largest absolute Gasteiger partial charge is 0.342 e. The molecule has 4 rings (SSSR count). The highest BCUT2D eigenvalue weighted by Gasteiger charge is 2.47. The monoisotopic (exact) mass is 315 g/mol. The second-order valence-corrected chi connectivity index (χ2v) is 6.70. The second kappa shape index (κ2) is 5.47. The fourth-order valence-electron chi connectivity index (χ4n) is 3.56. The van der Waals surface area contributed by atoms with Crippen LogP contribution in [0.25, 0.3) is 0 Å². The molecule has 2 aromatic heterocycles. The number of nitrogens with zero attached hydrogens (tertiary/aromatic N) is 5. The van der Waals surface area contributed by atoms with E-state index in [0.717, 1.165) is 25.8 Å². The first kappa shape index (κ1) is 14.4. The Balaban J connectivity index is 1.41. The quantitative estimate of drug-likeness (QED) is 0.860. The number of hydrogen-bond donors (Lipinski definition) is 0. The lowest BCUT2D eigenvalue weighted by atomic mass is 9.97. The molecule has 1 aliphatic carbocycles. The highest BCUT2D eigenvalue weighted by Crippen LogP contribution is 2.48. The minimum absolute atomic E-state index is 0.113. The lowest BCUT2D eigenvalue weighted by Gasteiger charge is -2.31. The van der Waals surface area contributed by atoms with Gasteiger partial charge in [-0.25, -0.2) is 0 Å². The summed E-state index contributed by atoms with van der Waals surface area (Å²) in [5.41, 5.74) is 1.17. The maximum atomic E-state index is 12.8. The molecular formula is C16H21N5O2. The zero-order valence-corrected chi connectivity index (χ0v) is 13.5. The van der Waals surface area contributed by atoms with Crippen molar-refractivity contribution in [3.63, 3.8) is 0 Å². The zero-order valence-electron chi connectivity index (χ0n) is 13.5. The second-order valence-electron chi connectivity index (χ2n) is 6.70. The predicted molar refractivity (Wildman–Crippen MR) is 81.6 cm³/mol. The summed E-state index contributed by atoms with van der Waals surface area (Å²) >= 11 is 0. The maximum Gasteiger partial charge on any atom is 0.231 e. The minimum Gasteiger partial charge on any atom is -0.342 e. The average Bonchev–Trinajstić information content (AvgIpc) is 3.04. The van der Waals surface area contributed by atoms with E-state index >= 15 is 0 Å². The van der Waals surface area contributed by atoms with Gasteiger partial charge in [-0.15, -0.1) is 0 Å². The van der Waals surface area contributed by atoms with E-state index < -0.39 is 0 Å². The summed E-state index contributed by atoms with van der Waals surface area (Å²) in [6, 6.07) is 0. The molecule has 2 fully saturated rings. The van der Waals surface area contributed by atoms with Gasteiger partial charge in [0.1, 0.15) is 0 Å². The summed E-state index contributed by atoms with van der Waals surface area (Å²) in [5.74, 6) is 2.20. The third-order valence-electron chi connectivity index (χ3n) is 4.89. The number of aromatic nitrogens is 4. The van der Waals surface area contributed by atoms with Crippen LogP contribution in [0.15, 0.2) is 16.9 Å². The molecular weight excluding hydrogens is 294 g/mol. The van der Waals surface area contributed by atoms with Crippen molar-refractivity contribution in [2.24, 2.45) is 13.0 Å². The number of likely N-dealkylation sites (tertiary alicyclic amines) is 1. The lowest BCUT2D eigenvalue weighted by molar-refractivity contribution is -0.134. The molecule has 1 saturated heterocycles. The first-order chi connectivity index (χ1) is 11.1. The van der Waals surface area contributed by atoms with Gasteiger partial charge in [0.05, 0.1) is 12.1 Å². The Morgan fingerprint density at radius 1 is 1.43 bits per heavy atom. The number of amides is 1. The molecule has 0 aromatic carbocycles. The van der Waals surface area contributed by atoms with Gasteiger partial charge in [0.25, 0.3) is 0 Å². The Labute approximate surface area is 134 Å². The van der Waals surface area contributed by atoms with E-state index in [9.17, 15) is 4.79 Å². The lowest BCUT2D eigenvalue weighted by Crippen LogP contribution is -2.40. The number of carbonyl (C=O) groups is 1. The van der Waals surface area contributed by atoms with Gasteiger partial charge in [0.15, 0.2) is 5.82 Å². The number of hydrogen-bond acceptors (Lipinski definition) is 5. The number of carbonyl (C=O) groups excluding carboxylic acids is 1. The fraction of sp³-hybridized carbons (Fsp3) is 0.625. The van der Waals surface area contributed by atoms with Gasteiger partial charge in [-0.1, -0.05) is 5.16 Å². The zero-order chi connectivity index (χ0) is 16.0. The molecule has 3 heterocycles. The Bertz CT molecular complexity index is 722. The minimum atomic E-state index is 0.113. The molecule has 0 bridgehead atoms. The average molecular weight is 315 g/mol. The van der Waals surface area contributed by atoms with Gasteiger partial charge in [-0.2, -0.15) is 10.1 Å². The van der Waals surface area contributed by atoms with E-state index in [1.54, 1.807) is 4.68 Å². The molecule has 2 aliphatic rings. The predicted octanol–water partition coefficient (Wildman–Crippen LogP) is 1.62. The Kier molecular flexibility index (Phi) is 3.43. The van der Waals surface area contributed by atoms with E-state index in [0.29, 0.717) is 24.2 Å². The third kappa shape index (κ3) is 2.75. The van der Waals surface area contributed by atoms with Gasteiger partial charge in [0, 0.05) is 32.3 Å². The van der Waals surface area contributed by atoms with Crippen LogP contribution in [0.1, 0.15) is 48.4 Å². The van der Waals surface area contributed by atoms with Crippen LogP contribution in [-0.2, 0) is 11.8 Å². The molecule has 1 amide bonds. The summed E-state index contributed by atoms with van der Waals surface area (Å²) < 4.78 is 7.09. The fourth-order valence-corrected chi connectivity index (χ4v) is 3.56. The third-order valence-corrected chi connectivity index (χ3v) is 4.89. The SMILES string of the molecule is Cc1noc([C@@H]2CCCN(C(=O)[C@H]3C[C@@H]3c3cnn(C)c3)C2)n1. The van der Waals surface area contributed by atoms with Gasteiger partial charge in [-0.05, 0) is 37.7 Å². The van der Waals surface area contributed by atoms with Crippen molar-refractivity contribution in [2.45, 2.75) is 38.0 Å². The molecule has 0 N–H and O–H groups in total. The van der Waals surface area contributed by atoms with Crippen LogP contribution in [0.2, 0.25) is 0 Å². The van der Waals surface area contributed by atoms with Gasteiger partial charge >= 0.3 is 0 Å². The van der Waals surface area contributed by atoms with Crippen LogP contribution in [0.3, 0.4) is 0 Å². The smallest absolute Gasteiger partial charge is 0.231 e. The first-order valence-electron chi connectivity index (χ1n) is 8.19. The topological polar surface area (TPSA) is 77.0 Å². The first-order valence-corrected chi connectivity index (χ1v) is 8.19. The normalized spacial score (nSPS) is 27.2. The molecule has 23 heavy (non-hydrogen) atoms. The molecule has 2 aromatic rings. The summed E-state index contributed by atoms with van der Waals surface area (Å²) in [5, 5.41) is 8.07. The van der Waals surface area contributed by atoms with Crippen molar-refractivity contribution in [1.29, 1.82) is 0 Å². The van der Waals surface area contributed by atoms with Crippen LogP contribution in [0, 0.1) is 12.8 Å². The van der Waals surface area contributed by atoms with Crippen molar-refractivity contribution in [1.82, 2.24) is 24.8 Å². The van der Waals surface area contributed by atoms with Crippen molar-refractivity contribution >= 4 is 5.91 Å².